The molecular weight excluding hydrogens is 232 g/mol. The molecule has 0 saturated heterocycles. The molecule has 0 aliphatic heterocycles. The van der Waals surface area contributed by atoms with Gasteiger partial charge in [-0.2, -0.15) is 8.78 Å². The summed E-state index contributed by atoms with van der Waals surface area (Å²) in [4.78, 5) is 10.3. The van der Waals surface area contributed by atoms with Crippen LogP contribution in [0.15, 0.2) is 6.07 Å². The van der Waals surface area contributed by atoms with Crippen molar-refractivity contribution in [2.75, 3.05) is 0 Å². The minimum atomic E-state index is -1.77. The molecular formula is C9H6F4O3. The molecule has 0 bridgehead atoms. The number of halogens is 4. The Bertz CT molecular complexity index is 407. The van der Waals surface area contributed by atoms with Gasteiger partial charge in [0.2, 0.25) is 11.6 Å². The second kappa shape index (κ2) is 4.38. The molecule has 88 valence electrons. The van der Waals surface area contributed by atoms with Gasteiger partial charge in [-0.15, -0.1) is 0 Å². The van der Waals surface area contributed by atoms with E-state index in [-0.39, 0.29) is 6.07 Å². The number of carboxylic acid groups (broad SMARTS) is 1. The third-order valence-corrected chi connectivity index (χ3v) is 1.71. The molecule has 0 aromatic heterocycles. The first-order valence-electron chi connectivity index (χ1n) is 4.07. The Balaban J connectivity index is 3.17. The Hall–Kier alpha value is -1.79. The highest BCUT2D eigenvalue weighted by Gasteiger charge is 2.24. The Morgan fingerprint density at radius 1 is 1.25 bits per heavy atom. The number of benzene rings is 1. The van der Waals surface area contributed by atoms with Gasteiger partial charge in [0.05, 0.1) is 0 Å². The largest absolute Gasteiger partial charge is 0.479 e. The number of carbonyl (C=O) groups is 1. The summed E-state index contributed by atoms with van der Waals surface area (Å²) < 4.78 is 55.5. The van der Waals surface area contributed by atoms with E-state index in [0.29, 0.717) is 0 Å². The van der Waals surface area contributed by atoms with Gasteiger partial charge >= 0.3 is 5.97 Å². The van der Waals surface area contributed by atoms with Crippen molar-refractivity contribution >= 4 is 5.97 Å². The second-order valence-corrected chi connectivity index (χ2v) is 2.90. The van der Waals surface area contributed by atoms with E-state index in [4.69, 9.17) is 5.11 Å². The summed E-state index contributed by atoms with van der Waals surface area (Å²) >= 11 is 0. The van der Waals surface area contributed by atoms with Crippen molar-refractivity contribution in [3.63, 3.8) is 0 Å². The molecule has 1 aromatic carbocycles. The molecule has 0 spiro atoms. The molecule has 0 heterocycles. The van der Waals surface area contributed by atoms with Crippen molar-refractivity contribution in [2.45, 2.75) is 13.0 Å². The van der Waals surface area contributed by atoms with Crippen LogP contribution in [-0.2, 0) is 4.79 Å². The molecule has 7 heteroatoms. The highest BCUT2D eigenvalue weighted by molar-refractivity contribution is 5.72. The lowest BCUT2D eigenvalue weighted by Crippen LogP contribution is -2.24. The van der Waals surface area contributed by atoms with Gasteiger partial charge in [0, 0.05) is 6.07 Å². The van der Waals surface area contributed by atoms with Gasteiger partial charge in [-0.25, -0.2) is 13.6 Å². The van der Waals surface area contributed by atoms with Crippen molar-refractivity contribution in [3.8, 4) is 5.75 Å². The number of hydrogen-bond acceptors (Lipinski definition) is 2. The van der Waals surface area contributed by atoms with Crippen molar-refractivity contribution in [1.82, 2.24) is 0 Å². The van der Waals surface area contributed by atoms with E-state index in [9.17, 15) is 22.4 Å². The number of aliphatic carboxylic acids is 1. The highest BCUT2D eigenvalue weighted by atomic mass is 19.2. The molecule has 0 aliphatic rings. The lowest BCUT2D eigenvalue weighted by Gasteiger charge is -2.12. The summed E-state index contributed by atoms with van der Waals surface area (Å²) in [6.45, 7) is 0.962. The van der Waals surface area contributed by atoms with Crippen LogP contribution in [0.5, 0.6) is 5.75 Å². The Labute approximate surface area is 87.3 Å². The predicted molar refractivity (Wildman–Crippen MR) is 44.0 cm³/mol. The molecule has 1 aromatic rings. The molecule has 0 amide bonds. The van der Waals surface area contributed by atoms with Crippen LogP contribution in [0.2, 0.25) is 0 Å². The van der Waals surface area contributed by atoms with E-state index in [1.807, 2.05) is 0 Å². The first kappa shape index (κ1) is 12.3. The van der Waals surface area contributed by atoms with E-state index in [1.54, 1.807) is 0 Å². The molecule has 0 aliphatic carbocycles. The van der Waals surface area contributed by atoms with Crippen LogP contribution >= 0.6 is 0 Å². The van der Waals surface area contributed by atoms with Crippen LogP contribution in [0.4, 0.5) is 17.6 Å². The fourth-order valence-corrected chi connectivity index (χ4v) is 0.882. The van der Waals surface area contributed by atoms with Crippen LogP contribution in [0, 0.1) is 23.3 Å². The number of carboxylic acids is 1. The summed E-state index contributed by atoms with van der Waals surface area (Å²) in [6, 6.07) is 0.00294. The fraction of sp³-hybridized carbons (Fsp3) is 0.222. The Morgan fingerprint density at radius 3 is 2.06 bits per heavy atom. The molecule has 0 saturated carbocycles. The van der Waals surface area contributed by atoms with Crippen LogP contribution in [0.3, 0.4) is 0 Å². The molecule has 16 heavy (non-hydrogen) atoms. The first-order valence-corrected chi connectivity index (χ1v) is 4.07. The summed E-state index contributed by atoms with van der Waals surface area (Å²) in [5.74, 6) is -9.77. The standard InChI is InChI=1S/C9H6F4O3/c1-3(9(14)15)16-8-6(12)4(10)2-5(11)7(8)13/h2-3H,1H3,(H,14,15)/t3-/m0/s1. The van der Waals surface area contributed by atoms with Gasteiger partial charge in [-0.3, -0.25) is 0 Å². The predicted octanol–water partition coefficient (Wildman–Crippen LogP) is 2.09. The van der Waals surface area contributed by atoms with Gasteiger partial charge < -0.3 is 9.84 Å². The highest BCUT2D eigenvalue weighted by Crippen LogP contribution is 2.27. The quantitative estimate of drug-likeness (QED) is 0.647. The fourth-order valence-electron chi connectivity index (χ4n) is 0.882. The zero-order valence-electron chi connectivity index (χ0n) is 7.93. The second-order valence-electron chi connectivity index (χ2n) is 2.90. The smallest absolute Gasteiger partial charge is 0.344 e. The maximum absolute atomic E-state index is 13.0. The van der Waals surface area contributed by atoms with Crippen molar-refractivity contribution in [3.05, 3.63) is 29.3 Å². The van der Waals surface area contributed by atoms with Gasteiger partial charge in [-0.05, 0) is 6.92 Å². The first-order chi connectivity index (χ1) is 7.34. The van der Waals surface area contributed by atoms with Crippen LogP contribution in [-0.4, -0.2) is 17.2 Å². The maximum atomic E-state index is 13.0. The van der Waals surface area contributed by atoms with E-state index in [1.165, 1.54) is 0 Å². The summed E-state index contributed by atoms with van der Waals surface area (Å²) in [7, 11) is 0. The number of ether oxygens (including phenoxy) is 1. The Kier molecular flexibility index (Phi) is 3.36. The Morgan fingerprint density at radius 2 is 1.69 bits per heavy atom. The molecule has 1 atom stereocenters. The van der Waals surface area contributed by atoms with E-state index < -0.39 is 41.1 Å². The zero-order valence-corrected chi connectivity index (χ0v) is 7.93. The summed E-state index contributed by atoms with van der Waals surface area (Å²) in [5, 5.41) is 8.41. The van der Waals surface area contributed by atoms with Crippen molar-refractivity contribution < 1.29 is 32.2 Å². The van der Waals surface area contributed by atoms with E-state index >= 15 is 0 Å². The summed E-state index contributed by atoms with van der Waals surface area (Å²) in [5.41, 5.74) is 0. The normalized spacial score (nSPS) is 12.3. The molecule has 0 radical (unpaired) electrons. The minimum Gasteiger partial charge on any atom is -0.479 e. The average Bonchev–Trinajstić information content (AvgIpc) is 2.21. The van der Waals surface area contributed by atoms with Crippen LogP contribution in [0.1, 0.15) is 6.92 Å². The average molecular weight is 238 g/mol. The SMILES string of the molecule is C[C@H](Oc1c(F)c(F)cc(F)c1F)C(=O)O. The minimum absolute atomic E-state index is 0.00294. The molecule has 1 rings (SSSR count). The summed E-state index contributed by atoms with van der Waals surface area (Å²) in [6.07, 6.45) is -1.63. The van der Waals surface area contributed by atoms with Crippen molar-refractivity contribution in [1.29, 1.82) is 0 Å². The number of hydrogen-bond donors (Lipinski definition) is 1. The van der Waals surface area contributed by atoms with Crippen LogP contribution < -0.4 is 4.74 Å². The van der Waals surface area contributed by atoms with Gasteiger partial charge in [0.15, 0.2) is 23.5 Å². The molecule has 3 nitrogen and oxygen atoms in total. The maximum Gasteiger partial charge on any atom is 0.344 e. The van der Waals surface area contributed by atoms with E-state index in [2.05, 4.69) is 4.74 Å². The van der Waals surface area contributed by atoms with Gasteiger partial charge in [-0.1, -0.05) is 0 Å². The zero-order chi connectivity index (χ0) is 12.5. The van der Waals surface area contributed by atoms with Crippen LogP contribution in [0.25, 0.3) is 0 Å². The topological polar surface area (TPSA) is 46.5 Å². The van der Waals surface area contributed by atoms with Crippen molar-refractivity contribution in [2.24, 2.45) is 0 Å². The molecule has 1 N–H and O–H groups in total. The van der Waals surface area contributed by atoms with Gasteiger partial charge in [0.1, 0.15) is 0 Å². The van der Waals surface area contributed by atoms with Gasteiger partial charge in [0.25, 0.3) is 0 Å². The molecule has 0 fully saturated rings. The lowest BCUT2D eigenvalue weighted by molar-refractivity contribution is -0.144. The monoisotopic (exact) mass is 238 g/mol. The molecule has 0 unspecified atom stereocenters. The lowest BCUT2D eigenvalue weighted by atomic mass is 10.3. The van der Waals surface area contributed by atoms with E-state index in [0.717, 1.165) is 6.92 Å². The third kappa shape index (κ3) is 2.23. The third-order valence-electron chi connectivity index (χ3n) is 1.71. The number of rotatable bonds is 3.